The number of benzene rings is 1. The van der Waals surface area contributed by atoms with Crippen molar-refractivity contribution in [3.8, 4) is 5.75 Å². The monoisotopic (exact) mass is 452 g/mol. The van der Waals surface area contributed by atoms with Crippen LogP contribution in [0.2, 0.25) is 0 Å². The van der Waals surface area contributed by atoms with Crippen LogP contribution in [0, 0.1) is 0 Å². The molecular formula is C25H28N2O6. The van der Waals surface area contributed by atoms with Gasteiger partial charge in [-0.25, -0.2) is 0 Å². The standard InChI is InChI=1S/C25H28N2O6/c1-31-21-8-3-2-7-19(21)23-22(20(28)10-9-18-6-4-15-33-18)24(29)25(30)27(23)12-5-11-26-13-16-32-17-14-26/h2-4,6-10,15,23,29H,5,11-14,16-17H2,1H3/b10-9+/t23-/m0/s1. The van der Waals surface area contributed by atoms with Crippen molar-refractivity contribution >= 4 is 17.8 Å². The molecule has 0 radical (unpaired) electrons. The molecule has 1 aromatic heterocycles. The number of ketones is 1. The number of aliphatic hydroxyl groups is 1. The summed E-state index contributed by atoms with van der Waals surface area (Å²) in [5.41, 5.74) is 0.692. The largest absolute Gasteiger partial charge is 0.503 e. The van der Waals surface area contributed by atoms with Crippen LogP contribution in [0.3, 0.4) is 0 Å². The molecule has 1 atom stereocenters. The maximum absolute atomic E-state index is 13.2. The van der Waals surface area contributed by atoms with Crippen molar-refractivity contribution in [2.24, 2.45) is 0 Å². The molecule has 1 N–H and O–H groups in total. The minimum Gasteiger partial charge on any atom is -0.503 e. The maximum atomic E-state index is 13.2. The molecule has 0 unspecified atom stereocenters. The number of hydrogen-bond acceptors (Lipinski definition) is 7. The fraction of sp³-hybridized carbons (Fsp3) is 0.360. The van der Waals surface area contributed by atoms with Gasteiger partial charge >= 0.3 is 0 Å². The fourth-order valence-corrected chi connectivity index (χ4v) is 4.27. The molecule has 8 nitrogen and oxygen atoms in total. The number of morpholine rings is 1. The summed E-state index contributed by atoms with van der Waals surface area (Å²) in [7, 11) is 1.54. The molecular weight excluding hydrogens is 424 g/mol. The summed E-state index contributed by atoms with van der Waals surface area (Å²) < 4.78 is 16.2. The SMILES string of the molecule is COc1ccccc1[C@H]1C(C(=O)/C=C/c2ccco2)=C(O)C(=O)N1CCCN1CCOCC1. The van der Waals surface area contributed by atoms with E-state index in [2.05, 4.69) is 4.90 Å². The summed E-state index contributed by atoms with van der Waals surface area (Å²) in [5.74, 6) is -0.481. The number of aliphatic hydroxyl groups excluding tert-OH is 1. The van der Waals surface area contributed by atoms with Crippen LogP contribution in [-0.2, 0) is 14.3 Å². The van der Waals surface area contributed by atoms with Crippen LogP contribution in [0.25, 0.3) is 6.08 Å². The molecule has 0 aliphatic carbocycles. The van der Waals surface area contributed by atoms with E-state index in [1.807, 2.05) is 18.2 Å². The number of furan rings is 1. The quantitative estimate of drug-likeness (QED) is 0.585. The van der Waals surface area contributed by atoms with Gasteiger partial charge in [0.15, 0.2) is 11.5 Å². The number of amides is 1. The molecule has 1 fully saturated rings. The van der Waals surface area contributed by atoms with Crippen LogP contribution in [-0.4, -0.2) is 73.1 Å². The van der Waals surface area contributed by atoms with E-state index in [0.29, 0.717) is 43.3 Å². The van der Waals surface area contributed by atoms with E-state index in [1.165, 1.54) is 18.4 Å². The van der Waals surface area contributed by atoms with Gasteiger partial charge in [0.25, 0.3) is 5.91 Å². The van der Waals surface area contributed by atoms with Gasteiger partial charge < -0.3 is 23.9 Å². The lowest BCUT2D eigenvalue weighted by Gasteiger charge is -2.30. The second kappa shape index (κ2) is 10.5. The van der Waals surface area contributed by atoms with Crippen molar-refractivity contribution < 1.29 is 28.6 Å². The Balaban J connectivity index is 1.60. The summed E-state index contributed by atoms with van der Waals surface area (Å²) in [5, 5.41) is 10.7. The Morgan fingerprint density at radius 3 is 2.70 bits per heavy atom. The highest BCUT2D eigenvalue weighted by atomic mass is 16.5. The van der Waals surface area contributed by atoms with Gasteiger partial charge in [-0.05, 0) is 36.8 Å². The molecule has 1 amide bonds. The third-order valence-electron chi connectivity index (χ3n) is 5.92. The number of allylic oxidation sites excluding steroid dienone is 1. The summed E-state index contributed by atoms with van der Waals surface area (Å²) in [4.78, 5) is 30.1. The van der Waals surface area contributed by atoms with Crippen LogP contribution in [0.4, 0.5) is 0 Å². The topological polar surface area (TPSA) is 92.5 Å². The van der Waals surface area contributed by atoms with Crippen LogP contribution in [0.5, 0.6) is 5.75 Å². The molecule has 0 saturated carbocycles. The van der Waals surface area contributed by atoms with Gasteiger partial charge in [0.2, 0.25) is 0 Å². The molecule has 2 aliphatic heterocycles. The summed E-state index contributed by atoms with van der Waals surface area (Å²) in [6.45, 7) is 4.31. The minimum atomic E-state index is -0.743. The Hall–Kier alpha value is -3.36. The van der Waals surface area contributed by atoms with E-state index in [0.717, 1.165) is 19.6 Å². The molecule has 174 valence electrons. The van der Waals surface area contributed by atoms with Crippen LogP contribution >= 0.6 is 0 Å². The van der Waals surface area contributed by atoms with Crippen LogP contribution in [0.1, 0.15) is 23.8 Å². The smallest absolute Gasteiger partial charge is 0.290 e. The second-order valence-electron chi connectivity index (χ2n) is 7.93. The van der Waals surface area contributed by atoms with E-state index in [4.69, 9.17) is 13.9 Å². The van der Waals surface area contributed by atoms with Gasteiger partial charge in [0.1, 0.15) is 11.5 Å². The summed E-state index contributed by atoms with van der Waals surface area (Å²) in [6.07, 6.45) is 5.05. The second-order valence-corrected chi connectivity index (χ2v) is 7.93. The zero-order valence-electron chi connectivity index (χ0n) is 18.6. The molecule has 1 aromatic carbocycles. The highest BCUT2D eigenvalue weighted by Gasteiger charge is 2.43. The first-order valence-electron chi connectivity index (χ1n) is 11.0. The van der Waals surface area contributed by atoms with Gasteiger partial charge in [-0.3, -0.25) is 14.5 Å². The van der Waals surface area contributed by atoms with Crippen molar-refractivity contribution in [3.05, 3.63) is 71.4 Å². The lowest BCUT2D eigenvalue weighted by Crippen LogP contribution is -2.39. The molecule has 2 aromatic rings. The lowest BCUT2D eigenvalue weighted by molar-refractivity contribution is -0.129. The van der Waals surface area contributed by atoms with Gasteiger partial charge in [0, 0.05) is 31.7 Å². The van der Waals surface area contributed by atoms with E-state index in [1.54, 1.807) is 30.2 Å². The number of rotatable bonds is 9. The Morgan fingerprint density at radius 2 is 1.97 bits per heavy atom. The first-order chi connectivity index (χ1) is 16.1. The molecule has 0 spiro atoms. The number of nitrogens with zero attached hydrogens (tertiary/aromatic N) is 2. The first kappa shape index (κ1) is 22.8. The predicted octanol–water partition coefficient (Wildman–Crippen LogP) is 2.99. The molecule has 4 rings (SSSR count). The zero-order valence-corrected chi connectivity index (χ0v) is 18.6. The number of ether oxygens (including phenoxy) is 2. The number of hydrogen-bond donors (Lipinski definition) is 1. The average molecular weight is 453 g/mol. The van der Waals surface area contributed by atoms with Crippen molar-refractivity contribution in [1.29, 1.82) is 0 Å². The average Bonchev–Trinajstić information content (AvgIpc) is 3.45. The van der Waals surface area contributed by atoms with Gasteiger partial charge in [-0.15, -0.1) is 0 Å². The molecule has 3 heterocycles. The van der Waals surface area contributed by atoms with Gasteiger partial charge in [-0.2, -0.15) is 0 Å². The third kappa shape index (κ3) is 5.02. The molecule has 33 heavy (non-hydrogen) atoms. The predicted molar refractivity (Wildman–Crippen MR) is 122 cm³/mol. The highest BCUT2D eigenvalue weighted by molar-refractivity contribution is 6.14. The maximum Gasteiger partial charge on any atom is 0.290 e. The van der Waals surface area contributed by atoms with Crippen molar-refractivity contribution in [2.75, 3.05) is 46.5 Å². The summed E-state index contributed by atoms with van der Waals surface area (Å²) in [6, 6.07) is 9.93. The fourth-order valence-electron chi connectivity index (χ4n) is 4.27. The Bertz CT molecular complexity index is 1040. The molecule has 2 aliphatic rings. The van der Waals surface area contributed by atoms with Crippen molar-refractivity contribution in [3.63, 3.8) is 0 Å². The zero-order chi connectivity index (χ0) is 23.2. The van der Waals surface area contributed by atoms with E-state index in [-0.39, 0.29) is 5.57 Å². The van der Waals surface area contributed by atoms with Crippen molar-refractivity contribution in [2.45, 2.75) is 12.5 Å². The lowest BCUT2D eigenvalue weighted by atomic mass is 9.95. The van der Waals surface area contributed by atoms with Crippen molar-refractivity contribution in [1.82, 2.24) is 9.80 Å². The molecule has 0 bridgehead atoms. The molecule has 1 saturated heterocycles. The number of carbonyl (C=O) groups excluding carboxylic acids is 2. The number of methoxy groups -OCH3 is 1. The van der Waals surface area contributed by atoms with Gasteiger partial charge in [0.05, 0.1) is 38.2 Å². The Morgan fingerprint density at radius 1 is 1.18 bits per heavy atom. The normalized spacial score (nSPS) is 19.6. The minimum absolute atomic E-state index is 0.0404. The molecule has 8 heteroatoms. The van der Waals surface area contributed by atoms with Crippen LogP contribution < -0.4 is 4.74 Å². The Labute approximate surface area is 192 Å². The van der Waals surface area contributed by atoms with Gasteiger partial charge in [-0.1, -0.05) is 18.2 Å². The van der Waals surface area contributed by atoms with Crippen LogP contribution in [0.15, 0.2) is 64.5 Å². The van der Waals surface area contributed by atoms with E-state index < -0.39 is 23.5 Å². The number of para-hydroxylation sites is 1. The highest BCUT2D eigenvalue weighted by Crippen LogP contribution is 2.41. The third-order valence-corrected chi connectivity index (χ3v) is 5.92. The first-order valence-corrected chi connectivity index (χ1v) is 11.0. The van der Waals surface area contributed by atoms with E-state index in [9.17, 15) is 14.7 Å². The number of carbonyl (C=O) groups is 2. The Kier molecular flexibility index (Phi) is 7.26. The summed E-state index contributed by atoms with van der Waals surface area (Å²) >= 11 is 0. The van der Waals surface area contributed by atoms with E-state index >= 15 is 0 Å².